The summed E-state index contributed by atoms with van der Waals surface area (Å²) in [6, 6.07) is 8.38. The van der Waals surface area contributed by atoms with Crippen LogP contribution in [0.4, 0.5) is 16.2 Å². The maximum absolute atomic E-state index is 13.4. The van der Waals surface area contributed by atoms with Gasteiger partial charge in [-0.25, -0.2) is 9.69 Å². The molecule has 178 valence electrons. The first-order chi connectivity index (χ1) is 15.9. The van der Waals surface area contributed by atoms with E-state index in [1.54, 1.807) is 26.2 Å². The van der Waals surface area contributed by atoms with E-state index in [1.807, 2.05) is 18.2 Å². The summed E-state index contributed by atoms with van der Waals surface area (Å²) in [5.74, 6) is -0.576. The van der Waals surface area contributed by atoms with Crippen LogP contribution in [0, 0.1) is 6.92 Å². The molecule has 0 aromatic heterocycles. The highest BCUT2D eigenvalue weighted by Gasteiger charge is 2.38. The molecule has 1 atom stereocenters. The molecule has 8 heteroatoms. The minimum Gasteiger partial charge on any atom is -0.496 e. The second-order valence-corrected chi connectivity index (χ2v) is 10.4. The Hall–Kier alpha value is -3.13. The van der Waals surface area contributed by atoms with Gasteiger partial charge in [0.2, 0.25) is 0 Å². The van der Waals surface area contributed by atoms with Gasteiger partial charge >= 0.3 is 6.03 Å². The van der Waals surface area contributed by atoms with Crippen molar-refractivity contribution >= 4 is 51.2 Å². The molecule has 1 fully saturated rings. The highest BCUT2D eigenvalue weighted by atomic mass is 79.9. The van der Waals surface area contributed by atoms with E-state index in [4.69, 9.17) is 4.74 Å². The van der Waals surface area contributed by atoms with E-state index in [9.17, 15) is 14.4 Å². The minimum atomic E-state index is -0.771. The summed E-state index contributed by atoms with van der Waals surface area (Å²) in [4.78, 5) is 42.0. The molecule has 2 heterocycles. The number of benzene rings is 2. The van der Waals surface area contributed by atoms with Crippen LogP contribution in [0.15, 0.2) is 40.4 Å². The fourth-order valence-corrected chi connectivity index (χ4v) is 5.28. The first kappa shape index (κ1) is 24.0. The van der Waals surface area contributed by atoms with E-state index in [-0.39, 0.29) is 17.0 Å². The fourth-order valence-electron chi connectivity index (χ4n) is 4.80. The average molecular weight is 526 g/mol. The van der Waals surface area contributed by atoms with Crippen LogP contribution in [0.25, 0.3) is 6.08 Å². The van der Waals surface area contributed by atoms with Crippen LogP contribution in [-0.2, 0) is 9.59 Å². The number of urea groups is 1. The molecule has 2 aliphatic heterocycles. The number of anilines is 2. The summed E-state index contributed by atoms with van der Waals surface area (Å²) in [5.41, 5.74) is 3.79. The molecule has 1 N–H and O–H groups in total. The van der Waals surface area contributed by atoms with Gasteiger partial charge in [0, 0.05) is 34.4 Å². The Morgan fingerprint density at radius 2 is 1.85 bits per heavy atom. The number of rotatable bonds is 3. The zero-order chi connectivity index (χ0) is 24.9. The van der Waals surface area contributed by atoms with Crippen molar-refractivity contribution in [3.8, 4) is 5.75 Å². The highest BCUT2D eigenvalue weighted by molar-refractivity contribution is 9.10. The number of methoxy groups -OCH3 is 1. The monoisotopic (exact) mass is 525 g/mol. The van der Waals surface area contributed by atoms with E-state index in [2.05, 4.69) is 54.0 Å². The zero-order valence-electron chi connectivity index (χ0n) is 20.2. The Bertz CT molecular complexity index is 1250. The van der Waals surface area contributed by atoms with E-state index in [0.717, 1.165) is 32.6 Å². The lowest BCUT2D eigenvalue weighted by molar-refractivity contribution is -0.122. The smallest absolute Gasteiger partial charge is 0.335 e. The number of aryl methyl sites for hydroxylation is 1. The molecule has 0 aliphatic carbocycles. The summed E-state index contributed by atoms with van der Waals surface area (Å²) in [6.07, 6.45) is 2.47. The van der Waals surface area contributed by atoms with Gasteiger partial charge in [0.1, 0.15) is 11.3 Å². The molecule has 1 saturated heterocycles. The topological polar surface area (TPSA) is 79.0 Å². The number of barbiturate groups is 1. The van der Waals surface area contributed by atoms with Crippen LogP contribution in [-0.4, -0.2) is 37.5 Å². The number of halogens is 1. The van der Waals surface area contributed by atoms with Gasteiger partial charge in [0.15, 0.2) is 0 Å². The fraction of sp³-hybridized carbons (Fsp3) is 0.346. The van der Waals surface area contributed by atoms with Gasteiger partial charge in [-0.15, -0.1) is 0 Å². The predicted molar refractivity (Wildman–Crippen MR) is 136 cm³/mol. The van der Waals surface area contributed by atoms with Crippen molar-refractivity contribution in [2.45, 2.75) is 45.6 Å². The molecule has 1 unspecified atom stereocenters. The number of carbonyl (C=O) groups excluding carboxylic acids is 3. The van der Waals surface area contributed by atoms with Crippen LogP contribution in [0.3, 0.4) is 0 Å². The molecule has 2 aromatic carbocycles. The van der Waals surface area contributed by atoms with Gasteiger partial charge in [-0.05, 0) is 74.6 Å². The first-order valence-corrected chi connectivity index (χ1v) is 11.9. The summed E-state index contributed by atoms with van der Waals surface area (Å²) in [6.45, 7) is 8.38. The van der Waals surface area contributed by atoms with Gasteiger partial charge in [0.05, 0.1) is 12.8 Å². The quantitative estimate of drug-likeness (QED) is 0.442. The number of hydrogen-bond donors (Lipinski definition) is 1. The van der Waals surface area contributed by atoms with Crippen LogP contribution >= 0.6 is 15.9 Å². The Balaban J connectivity index is 1.81. The molecule has 0 spiro atoms. The van der Waals surface area contributed by atoms with Crippen molar-refractivity contribution in [3.05, 3.63) is 57.1 Å². The lowest BCUT2D eigenvalue weighted by Crippen LogP contribution is -2.54. The van der Waals surface area contributed by atoms with Crippen molar-refractivity contribution in [1.82, 2.24) is 5.32 Å². The number of nitrogens with one attached hydrogen (secondary N) is 1. The second-order valence-electron chi connectivity index (χ2n) is 9.52. The molecule has 2 aliphatic rings. The van der Waals surface area contributed by atoms with Crippen molar-refractivity contribution in [2.75, 3.05) is 24.0 Å². The van der Waals surface area contributed by atoms with Gasteiger partial charge in [-0.2, -0.15) is 0 Å². The molecular formula is C26H28BrN3O4. The van der Waals surface area contributed by atoms with Crippen LogP contribution in [0.5, 0.6) is 5.75 Å². The molecule has 4 amide bonds. The van der Waals surface area contributed by atoms with Gasteiger partial charge in [-0.3, -0.25) is 14.9 Å². The molecule has 4 rings (SSSR count). The van der Waals surface area contributed by atoms with Crippen LogP contribution in [0.1, 0.15) is 49.8 Å². The van der Waals surface area contributed by atoms with Gasteiger partial charge < -0.3 is 9.64 Å². The van der Waals surface area contributed by atoms with Gasteiger partial charge in [0.25, 0.3) is 11.8 Å². The maximum Gasteiger partial charge on any atom is 0.335 e. The first-order valence-electron chi connectivity index (χ1n) is 11.1. The normalized spacial score (nSPS) is 21.0. The molecule has 0 radical (unpaired) electrons. The zero-order valence-corrected chi connectivity index (χ0v) is 21.7. The summed E-state index contributed by atoms with van der Waals surface area (Å²) in [5, 5.41) is 2.30. The van der Waals surface area contributed by atoms with Crippen molar-refractivity contribution in [1.29, 1.82) is 0 Å². The van der Waals surface area contributed by atoms with Crippen molar-refractivity contribution in [2.24, 2.45) is 0 Å². The standard InChI is InChI=1S/C26H28BrN3O4/c1-14-9-17(27)7-8-20(14)30-24(32)19(23(31)28-25(30)33)11-16-10-18-15(2)13-26(3,4)29(5)21(18)12-22(16)34-6/h7-12,15H,13H2,1-6H3,(H,28,31,33)/b19-11-. The highest BCUT2D eigenvalue weighted by Crippen LogP contribution is 2.45. The van der Waals surface area contributed by atoms with Crippen molar-refractivity contribution < 1.29 is 19.1 Å². The Morgan fingerprint density at radius 1 is 1.15 bits per heavy atom. The number of nitrogens with zero attached hydrogens (tertiary/aromatic N) is 2. The molecule has 0 saturated carbocycles. The Kier molecular flexibility index (Phi) is 6.06. The Morgan fingerprint density at radius 3 is 2.50 bits per heavy atom. The van der Waals surface area contributed by atoms with E-state index in [1.165, 1.54) is 6.08 Å². The average Bonchev–Trinajstić information content (AvgIpc) is 2.75. The van der Waals surface area contributed by atoms with Crippen molar-refractivity contribution in [3.63, 3.8) is 0 Å². The summed E-state index contributed by atoms with van der Waals surface area (Å²) in [7, 11) is 3.62. The number of fused-ring (bicyclic) bond motifs is 1. The third-order valence-corrected chi connectivity index (χ3v) is 7.28. The predicted octanol–water partition coefficient (Wildman–Crippen LogP) is 5.15. The third kappa shape index (κ3) is 4.00. The maximum atomic E-state index is 13.4. The number of carbonyl (C=O) groups is 3. The molecule has 2 aromatic rings. The summed E-state index contributed by atoms with van der Waals surface area (Å²) < 4.78 is 6.47. The Labute approximate surface area is 207 Å². The lowest BCUT2D eigenvalue weighted by Gasteiger charge is -2.45. The molecule has 34 heavy (non-hydrogen) atoms. The van der Waals surface area contributed by atoms with Gasteiger partial charge in [-0.1, -0.05) is 22.9 Å². The third-order valence-electron chi connectivity index (χ3n) is 6.79. The lowest BCUT2D eigenvalue weighted by atomic mass is 9.79. The number of hydrogen-bond acceptors (Lipinski definition) is 5. The molecule has 7 nitrogen and oxygen atoms in total. The van der Waals surface area contributed by atoms with E-state index >= 15 is 0 Å². The SMILES string of the molecule is COc1cc2c(cc1/C=C1/C(=O)NC(=O)N(c3ccc(Br)cc3C)C1=O)C(C)CC(C)(C)N2C. The van der Waals surface area contributed by atoms with E-state index in [0.29, 0.717) is 17.0 Å². The minimum absolute atomic E-state index is 0.0139. The van der Waals surface area contributed by atoms with Crippen LogP contribution in [0.2, 0.25) is 0 Å². The molecular weight excluding hydrogens is 498 g/mol. The summed E-state index contributed by atoms with van der Waals surface area (Å²) >= 11 is 3.39. The van der Waals surface area contributed by atoms with E-state index < -0.39 is 17.8 Å². The number of amides is 4. The number of imide groups is 2. The molecule has 0 bridgehead atoms. The largest absolute Gasteiger partial charge is 0.496 e. The second kappa shape index (κ2) is 8.58. The van der Waals surface area contributed by atoms with Crippen LogP contribution < -0.4 is 19.9 Å². The number of ether oxygens (including phenoxy) is 1.